The topological polar surface area (TPSA) is 184 Å². The zero-order valence-corrected chi connectivity index (χ0v) is 41.2. The van der Waals surface area contributed by atoms with E-state index in [1.54, 1.807) is 18.2 Å². The maximum absolute atomic E-state index is 12.4. The number of benzene rings is 4. The molecule has 0 bridgehead atoms. The zero-order valence-electron chi connectivity index (χ0n) is 38.8. The molecule has 2 saturated heterocycles. The van der Waals surface area contributed by atoms with E-state index >= 15 is 0 Å². The number of pyridine rings is 2. The monoisotopic (exact) mass is 1060 g/mol. The molecule has 0 aliphatic carbocycles. The molecule has 0 atom stereocenters. The molecular weight excluding hydrogens is 1010 g/mol. The van der Waals surface area contributed by atoms with Crippen LogP contribution in [0.15, 0.2) is 131 Å². The Morgan fingerprint density at radius 1 is 0.569 bits per heavy atom. The lowest BCUT2D eigenvalue weighted by Crippen LogP contribution is -2.30. The fourth-order valence-corrected chi connectivity index (χ4v) is 9.06. The number of sulfone groups is 2. The average molecular weight is 1060 g/mol. The van der Waals surface area contributed by atoms with Crippen LogP contribution in [0, 0.1) is 0 Å². The molecule has 72 heavy (non-hydrogen) atoms. The van der Waals surface area contributed by atoms with Gasteiger partial charge in [0, 0.05) is 79.1 Å². The van der Waals surface area contributed by atoms with Crippen LogP contribution in [-0.2, 0) is 19.7 Å². The number of anilines is 6. The molecule has 2 aliphatic heterocycles. The number of aromatic nitrogens is 2. The molecule has 0 saturated carbocycles. The van der Waals surface area contributed by atoms with Crippen molar-refractivity contribution < 1.29 is 62.7 Å². The molecule has 2 fully saturated rings. The van der Waals surface area contributed by atoms with E-state index in [4.69, 9.17) is 21.6 Å². The third-order valence-corrected chi connectivity index (χ3v) is 13.3. The van der Waals surface area contributed by atoms with Crippen molar-refractivity contribution in [2.75, 3.05) is 59.1 Å². The molecule has 24 heteroatoms. The lowest BCUT2D eigenvalue weighted by Gasteiger charge is -2.29. The van der Waals surface area contributed by atoms with Crippen LogP contribution in [0.5, 0.6) is 11.5 Å². The summed E-state index contributed by atoms with van der Waals surface area (Å²) in [6.45, 7) is 3.75. The van der Waals surface area contributed by atoms with Gasteiger partial charge < -0.3 is 40.0 Å². The van der Waals surface area contributed by atoms with E-state index < -0.39 is 39.5 Å². The van der Waals surface area contributed by atoms with Crippen molar-refractivity contribution in [1.29, 1.82) is 0 Å². The minimum atomic E-state index is -4.76. The van der Waals surface area contributed by atoms with Gasteiger partial charge in [0.25, 0.3) is 0 Å². The van der Waals surface area contributed by atoms with Gasteiger partial charge in [-0.1, -0.05) is 35.9 Å². The normalized spacial score (nSPS) is 14.2. The maximum Gasteiger partial charge on any atom is 0.573 e. The summed E-state index contributed by atoms with van der Waals surface area (Å²) < 4.78 is 128. The van der Waals surface area contributed by atoms with Crippen molar-refractivity contribution in [2.45, 2.75) is 61.0 Å². The zero-order chi connectivity index (χ0) is 52.3. The second kappa shape index (κ2) is 24.0. The van der Waals surface area contributed by atoms with Crippen LogP contribution < -0.4 is 35.4 Å². The first kappa shape index (κ1) is 55.1. The highest BCUT2D eigenvalue weighted by Crippen LogP contribution is 2.33. The quantitative estimate of drug-likeness (QED) is 0.0516. The Kier molecular flexibility index (Phi) is 18.3. The van der Waals surface area contributed by atoms with Gasteiger partial charge in [0.05, 0.1) is 15.5 Å². The van der Waals surface area contributed by atoms with Gasteiger partial charge in [-0.2, -0.15) is 0 Å². The van der Waals surface area contributed by atoms with Gasteiger partial charge in [-0.05, 0) is 129 Å². The summed E-state index contributed by atoms with van der Waals surface area (Å²) in [5, 5.41) is 24.1. The van der Waals surface area contributed by atoms with Crippen molar-refractivity contribution in [2.24, 2.45) is 0 Å². The first-order chi connectivity index (χ1) is 33.9. The lowest BCUT2D eigenvalue weighted by molar-refractivity contribution is -0.275. The smallest absolute Gasteiger partial charge is 0.423 e. The highest BCUT2D eigenvalue weighted by Gasteiger charge is 2.32. The van der Waals surface area contributed by atoms with E-state index in [1.807, 2.05) is 24.3 Å². The Labute approximate surface area is 418 Å². The second-order valence-corrected chi connectivity index (χ2v) is 21.1. The molecule has 14 nitrogen and oxygen atoms in total. The first-order valence-electron chi connectivity index (χ1n) is 22.3. The first-order valence-corrected chi connectivity index (χ1v) is 26.4. The van der Waals surface area contributed by atoms with E-state index in [0.29, 0.717) is 39.4 Å². The molecule has 0 spiro atoms. The van der Waals surface area contributed by atoms with Crippen molar-refractivity contribution in [3.63, 3.8) is 0 Å². The van der Waals surface area contributed by atoms with E-state index in [2.05, 4.69) is 39.9 Å². The Morgan fingerprint density at radius 2 is 1.00 bits per heavy atom. The van der Waals surface area contributed by atoms with Crippen LogP contribution in [-0.4, -0.2) is 95.4 Å². The number of alkyl halides is 6. The summed E-state index contributed by atoms with van der Waals surface area (Å²) >= 11 is 6.11. The fourth-order valence-electron chi connectivity index (χ4n) is 7.51. The third-order valence-electron chi connectivity index (χ3n) is 10.9. The van der Waals surface area contributed by atoms with Crippen LogP contribution in [0.4, 0.5) is 60.7 Å². The van der Waals surface area contributed by atoms with Gasteiger partial charge in [0.2, 0.25) is 0 Å². The van der Waals surface area contributed by atoms with Crippen molar-refractivity contribution in [3.8, 4) is 22.8 Å². The minimum absolute atomic E-state index is 0.0816. The minimum Gasteiger partial charge on any atom is -0.423 e. The number of rotatable bonds is 12. The molecule has 4 heterocycles. The summed E-state index contributed by atoms with van der Waals surface area (Å²) in [5.74, 6) is 0.447. The number of nitrogens with zero attached hydrogens (tertiary/aromatic N) is 4. The van der Waals surface area contributed by atoms with E-state index in [0.717, 1.165) is 75.7 Å². The van der Waals surface area contributed by atoms with Crippen molar-refractivity contribution in [1.82, 2.24) is 9.97 Å². The molecule has 2 aliphatic rings. The van der Waals surface area contributed by atoms with Crippen molar-refractivity contribution in [3.05, 3.63) is 126 Å². The maximum atomic E-state index is 12.4. The second-order valence-electron chi connectivity index (χ2n) is 16.6. The van der Waals surface area contributed by atoms with Crippen LogP contribution in [0.2, 0.25) is 5.15 Å². The Bertz CT molecular complexity index is 2980. The van der Waals surface area contributed by atoms with Gasteiger partial charge in [-0.15, -0.1) is 26.3 Å². The predicted molar refractivity (Wildman–Crippen MR) is 266 cm³/mol. The van der Waals surface area contributed by atoms with E-state index in [1.165, 1.54) is 91.7 Å². The molecule has 0 amide bonds. The predicted octanol–water partition coefficient (Wildman–Crippen LogP) is 9.92. The summed E-state index contributed by atoms with van der Waals surface area (Å²) in [7, 11) is -8.30. The molecule has 2 aromatic heterocycles. The molecule has 0 radical (unpaired) electrons. The summed E-state index contributed by atoms with van der Waals surface area (Å²) in [6, 6.07) is 30.5. The Hall–Kier alpha value is -6.27. The number of nitrogens with one attached hydrogen (secondary N) is 2. The summed E-state index contributed by atoms with van der Waals surface area (Å²) in [5.41, 5.74) is 4.46. The van der Waals surface area contributed by atoms with Gasteiger partial charge in [0.1, 0.15) is 28.3 Å². The fraction of sp³-hybridized carbons (Fsp3) is 0.292. The highest BCUT2D eigenvalue weighted by molar-refractivity contribution is 7.91. The van der Waals surface area contributed by atoms with Crippen LogP contribution in [0.3, 0.4) is 0 Å². The number of ether oxygens (including phenoxy) is 2. The summed E-state index contributed by atoms with van der Waals surface area (Å²) in [4.78, 5) is 13.7. The van der Waals surface area contributed by atoms with Gasteiger partial charge in [-0.3, -0.25) is 0 Å². The Morgan fingerprint density at radius 3 is 1.44 bits per heavy atom. The molecule has 384 valence electrons. The SMILES string of the molecule is CS(=O)(=O)c1cccc(-c2cc(N3CCCCC3)cc(Nc3ccc(OC(F)(F)F)cc3)n2)c1.CS(=O)(=O)c1cccc(B(O)O)c1.FC(F)(F)Oc1ccc(Nc2cc(N3CCCCC3)cc(Cl)n2)cc1. The largest absolute Gasteiger partial charge is 0.573 e. The standard InChI is InChI=1S/C24H24F3N3O3S.C17H17ClF3N3O.C7H9BO4S/c1-34(31,32)21-7-5-6-17(14-21)22-15-19(30-12-3-2-4-13-30)16-23(29-22)28-18-8-10-20(11-9-18)33-24(25,26)27;18-15-10-13(24-8-2-1-3-9-24)11-16(23-15)22-12-4-6-14(7-5-12)25-17(19,20)21;1-13(11,12)7-4-2-3-6(5-7)8(9)10/h5-11,14-16H,2-4,12-13H2,1H3,(H,28,29);4-7,10-11H,1-3,8-9H2,(H,22,23);2-5,9-10H,1H3. The number of hydrogen-bond acceptors (Lipinski definition) is 14. The molecule has 0 unspecified atom stereocenters. The van der Waals surface area contributed by atoms with E-state index in [-0.39, 0.29) is 26.8 Å². The van der Waals surface area contributed by atoms with Crippen molar-refractivity contribution >= 4 is 78.2 Å². The van der Waals surface area contributed by atoms with Gasteiger partial charge in [-0.25, -0.2) is 26.8 Å². The highest BCUT2D eigenvalue weighted by atomic mass is 35.5. The molecule has 8 rings (SSSR count). The molecular formula is C48H50BClF6N6O8S2. The lowest BCUT2D eigenvalue weighted by atomic mass is 9.80. The van der Waals surface area contributed by atoms with Gasteiger partial charge >= 0.3 is 19.8 Å². The number of hydrogen-bond donors (Lipinski definition) is 4. The number of piperidine rings is 2. The average Bonchev–Trinajstić information content (AvgIpc) is 3.32. The molecule has 4 aromatic carbocycles. The van der Waals surface area contributed by atoms with E-state index in [9.17, 15) is 43.2 Å². The summed E-state index contributed by atoms with van der Waals surface area (Å²) in [6.07, 6.45) is -0.405. The Balaban J connectivity index is 0.000000195. The molecule has 6 aromatic rings. The van der Waals surface area contributed by atoms with Gasteiger partial charge in [0.15, 0.2) is 19.7 Å². The van der Waals surface area contributed by atoms with Crippen LogP contribution >= 0.6 is 11.6 Å². The number of halogens is 7. The molecule has 4 N–H and O–H groups in total. The van der Waals surface area contributed by atoms with Crippen LogP contribution in [0.1, 0.15) is 38.5 Å². The third kappa shape index (κ3) is 17.5. The van der Waals surface area contributed by atoms with Crippen LogP contribution in [0.25, 0.3) is 11.3 Å².